The second-order valence-corrected chi connectivity index (χ2v) is 6.96. The van der Waals surface area contributed by atoms with Crippen molar-refractivity contribution in [1.29, 1.82) is 0 Å². The predicted molar refractivity (Wildman–Crippen MR) is 106 cm³/mol. The molecule has 6 nitrogen and oxygen atoms in total. The molecule has 0 unspecified atom stereocenters. The van der Waals surface area contributed by atoms with Crippen molar-refractivity contribution in [2.24, 2.45) is 0 Å². The minimum atomic E-state index is -4.52. The largest absolute Gasteiger partial charge is 0.417 e. The van der Waals surface area contributed by atoms with Gasteiger partial charge in [0.1, 0.15) is 11.5 Å². The lowest BCUT2D eigenvalue weighted by Gasteiger charge is -2.09. The number of nitrogens with zero attached hydrogens (tertiary/aromatic N) is 3. The zero-order chi connectivity index (χ0) is 21.5. The highest BCUT2D eigenvalue weighted by Gasteiger charge is 2.31. The summed E-state index contributed by atoms with van der Waals surface area (Å²) in [5.74, 6) is -0.184. The van der Waals surface area contributed by atoms with Crippen LogP contribution in [0.3, 0.4) is 0 Å². The molecule has 0 aliphatic rings. The standard InChI is InChI=1S/C20H13ClF3N5O/c1-10-6-16-18(26-8-10)29-17(28-16)13-7-12(3-4-14(13)21)27-19(30)15-5-2-11(9-25-15)20(22,23)24/h2-9H,1H3,(H,27,30)(H,26,28,29). The molecule has 0 fully saturated rings. The molecule has 3 heterocycles. The number of aromatic nitrogens is 4. The molecule has 0 atom stereocenters. The van der Waals surface area contributed by atoms with E-state index in [0.29, 0.717) is 33.9 Å². The Labute approximate surface area is 173 Å². The Hall–Kier alpha value is -3.46. The normalized spacial score (nSPS) is 11.6. The van der Waals surface area contributed by atoms with Gasteiger partial charge >= 0.3 is 6.18 Å². The van der Waals surface area contributed by atoms with E-state index in [-0.39, 0.29) is 5.69 Å². The summed E-state index contributed by atoms with van der Waals surface area (Å²) in [5, 5.41) is 3.00. The number of hydrogen-bond acceptors (Lipinski definition) is 4. The first-order chi connectivity index (χ1) is 14.2. The maximum atomic E-state index is 12.6. The maximum absolute atomic E-state index is 12.6. The van der Waals surface area contributed by atoms with E-state index >= 15 is 0 Å². The van der Waals surface area contributed by atoms with E-state index in [1.807, 2.05) is 13.0 Å². The molecule has 3 aromatic heterocycles. The fourth-order valence-electron chi connectivity index (χ4n) is 2.81. The van der Waals surface area contributed by atoms with E-state index in [1.54, 1.807) is 24.4 Å². The Bertz CT molecular complexity index is 1250. The average Bonchev–Trinajstić information content (AvgIpc) is 3.11. The second kappa shape index (κ2) is 7.42. The number of anilines is 1. The first-order valence-corrected chi connectivity index (χ1v) is 9.05. The number of benzene rings is 1. The van der Waals surface area contributed by atoms with Gasteiger partial charge in [-0.3, -0.25) is 9.78 Å². The monoisotopic (exact) mass is 431 g/mol. The zero-order valence-electron chi connectivity index (χ0n) is 15.4. The number of carbonyl (C=O) groups is 1. The number of halogens is 4. The summed E-state index contributed by atoms with van der Waals surface area (Å²) in [4.78, 5) is 27.8. The average molecular weight is 432 g/mol. The van der Waals surface area contributed by atoms with Gasteiger partial charge in [-0.2, -0.15) is 13.2 Å². The molecule has 0 aliphatic heterocycles. The van der Waals surface area contributed by atoms with Gasteiger partial charge in [-0.15, -0.1) is 0 Å². The molecule has 30 heavy (non-hydrogen) atoms. The van der Waals surface area contributed by atoms with E-state index in [0.717, 1.165) is 23.2 Å². The zero-order valence-corrected chi connectivity index (χ0v) is 16.1. The highest BCUT2D eigenvalue weighted by Crippen LogP contribution is 2.31. The van der Waals surface area contributed by atoms with Crippen LogP contribution in [0.5, 0.6) is 0 Å². The number of hydrogen-bond donors (Lipinski definition) is 2. The number of pyridine rings is 2. The van der Waals surface area contributed by atoms with Gasteiger partial charge in [0, 0.05) is 23.6 Å². The van der Waals surface area contributed by atoms with Crippen LogP contribution >= 0.6 is 11.6 Å². The van der Waals surface area contributed by atoms with Crippen LogP contribution < -0.4 is 5.32 Å². The SMILES string of the molecule is Cc1cnc2nc(-c3cc(NC(=O)c4ccc(C(F)(F)F)cn4)ccc3Cl)[nH]c2c1. The number of H-pyrrole nitrogens is 1. The van der Waals surface area contributed by atoms with Gasteiger partial charge in [0.2, 0.25) is 0 Å². The Balaban J connectivity index is 1.60. The first kappa shape index (κ1) is 19.8. The number of amides is 1. The number of rotatable bonds is 3. The van der Waals surface area contributed by atoms with Crippen molar-refractivity contribution in [2.75, 3.05) is 5.32 Å². The molecule has 4 rings (SSSR count). The Morgan fingerprint density at radius 2 is 1.90 bits per heavy atom. The topological polar surface area (TPSA) is 83.6 Å². The highest BCUT2D eigenvalue weighted by molar-refractivity contribution is 6.33. The maximum Gasteiger partial charge on any atom is 0.417 e. The summed E-state index contributed by atoms with van der Waals surface area (Å²) in [7, 11) is 0. The summed E-state index contributed by atoms with van der Waals surface area (Å²) >= 11 is 6.29. The van der Waals surface area contributed by atoms with Crippen LogP contribution in [-0.2, 0) is 6.18 Å². The van der Waals surface area contributed by atoms with Crippen molar-refractivity contribution in [3.8, 4) is 11.4 Å². The Morgan fingerprint density at radius 3 is 2.60 bits per heavy atom. The van der Waals surface area contributed by atoms with E-state index < -0.39 is 17.6 Å². The summed E-state index contributed by atoms with van der Waals surface area (Å²) in [6, 6.07) is 8.47. The summed E-state index contributed by atoms with van der Waals surface area (Å²) < 4.78 is 37.9. The van der Waals surface area contributed by atoms with Crippen molar-refractivity contribution in [3.05, 3.63) is 70.6 Å². The molecule has 0 saturated carbocycles. The number of fused-ring (bicyclic) bond motifs is 1. The number of carbonyl (C=O) groups excluding carboxylic acids is 1. The molecule has 1 amide bonds. The molecule has 0 aliphatic carbocycles. The second-order valence-electron chi connectivity index (χ2n) is 6.55. The van der Waals surface area contributed by atoms with Gasteiger partial charge in [0.05, 0.1) is 16.1 Å². The van der Waals surface area contributed by atoms with Gasteiger partial charge < -0.3 is 10.3 Å². The Morgan fingerprint density at radius 1 is 1.10 bits per heavy atom. The minimum Gasteiger partial charge on any atom is -0.337 e. The van der Waals surface area contributed by atoms with E-state index in [1.165, 1.54) is 0 Å². The molecule has 0 radical (unpaired) electrons. The number of imidazole rings is 1. The smallest absolute Gasteiger partial charge is 0.337 e. The summed E-state index contributed by atoms with van der Waals surface area (Å²) in [6.07, 6.45) is -2.21. The lowest BCUT2D eigenvalue weighted by atomic mass is 10.2. The van der Waals surface area contributed by atoms with Crippen LogP contribution in [0, 0.1) is 6.92 Å². The molecule has 2 N–H and O–H groups in total. The third kappa shape index (κ3) is 3.97. The summed E-state index contributed by atoms with van der Waals surface area (Å²) in [5.41, 5.74) is 2.06. The van der Waals surface area contributed by atoms with Crippen LogP contribution in [0.25, 0.3) is 22.6 Å². The molecule has 10 heteroatoms. The van der Waals surface area contributed by atoms with E-state index in [4.69, 9.17) is 11.6 Å². The van der Waals surface area contributed by atoms with Gasteiger partial charge in [-0.25, -0.2) is 9.97 Å². The Kier molecular flexibility index (Phi) is 4.90. The lowest BCUT2D eigenvalue weighted by Crippen LogP contribution is -2.15. The molecule has 0 spiro atoms. The number of aromatic amines is 1. The van der Waals surface area contributed by atoms with Gasteiger partial charge in [-0.1, -0.05) is 11.6 Å². The molecule has 0 saturated heterocycles. The van der Waals surface area contributed by atoms with Crippen molar-refractivity contribution < 1.29 is 18.0 Å². The number of nitrogens with one attached hydrogen (secondary N) is 2. The quantitative estimate of drug-likeness (QED) is 0.464. The predicted octanol–water partition coefficient (Wildman–Crippen LogP) is 5.25. The number of aryl methyl sites for hydroxylation is 1. The molecular formula is C20H13ClF3N5O. The number of alkyl halides is 3. The fourth-order valence-corrected chi connectivity index (χ4v) is 3.01. The van der Waals surface area contributed by atoms with Crippen molar-refractivity contribution in [3.63, 3.8) is 0 Å². The fraction of sp³-hybridized carbons (Fsp3) is 0.100. The highest BCUT2D eigenvalue weighted by atomic mass is 35.5. The summed E-state index contributed by atoms with van der Waals surface area (Å²) in [6.45, 7) is 1.91. The molecule has 4 aromatic rings. The van der Waals surface area contributed by atoms with Crippen LogP contribution in [-0.4, -0.2) is 25.8 Å². The molecular weight excluding hydrogens is 419 g/mol. The van der Waals surface area contributed by atoms with Gasteiger partial charge in [0.25, 0.3) is 5.91 Å². The molecule has 1 aromatic carbocycles. The van der Waals surface area contributed by atoms with E-state index in [9.17, 15) is 18.0 Å². The van der Waals surface area contributed by atoms with Crippen LogP contribution in [0.1, 0.15) is 21.6 Å². The van der Waals surface area contributed by atoms with Gasteiger partial charge in [0.15, 0.2) is 5.65 Å². The molecule has 0 bridgehead atoms. The third-order valence-corrected chi connectivity index (χ3v) is 4.61. The van der Waals surface area contributed by atoms with Crippen LogP contribution in [0.2, 0.25) is 5.02 Å². The minimum absolute atomic E-state index is 0.150. The lowest BCUT2D eigenvalue weighted by molar-refractivity contribution is -0.137. The van der Waals surface area contributed by atoms with E-state index in [2.05, 4.69) is 25.3 Å². The van der Waals surface area contributed by atoms with Crippen LogP contribution in [0.4, 0.5) is 18.9 Å². The van der Waals surface area contributed by atoms with Crippen molar-refractivity contribution in [2.45, 2.75) is 13.1 Å². The van der Waals surface area contributed by atoms with Crippen molar-refractivity contribution >= 4 is 34.4 Å². The first-order valence-electron chi connectivity index (χ1n) is 8.67. The van der Waals surface area contributed by atoms with Crippen molar-refractivity contribution in [1.82, 2.24) is 19.9 Å². The third-order valence-electron chi connectivity index (χ3n) is 4.28. The molecule has 152 valence electrons. The van der Waals surface area contributed by atoms with Crippen LogP contribution in [0.15, 0.2) is 48.8 Å². The van der Waals surface area contributed by atoms with Gasteiger partial charge in [-0.05, 0) is 48.9 Å².